The van der Waals surface area contributed by atoms with Crippen molar-refractivity contribution in [1.29, 1.82) is 0 Å². The number of rotatable bonds is 11. The third kappa shape index (κ3) is 6.24. The van der Waals surface area contributed by atoms with Gasteiger partial charge in [-0.1, -0.05) is 24.3 Å². The molecule has 0 aliphatic heterocycles. The second kappa shape index (κ2) is 11.8. The van der Waals surface area contributed by atoms with Crippen LogP contribution in [0.5, 0.6) is 17.2 Å². The van der Waals surface area contributed by atoms with Crippen LogP contribution in [0.25, 0.3) is 10.9 Å². The van der Waals surface area contributed by atoms with E-state index in [0.717, 1.165) is 33.5 Å². The molecule has 0 spiro atoms. The fourth-order valence-electron chi connectivity index (χ4n) is 4.43. The van der Waals surface area contributed by atoms with Crippen molar-refractivity contribution in [2.24, 2.45) is 0 Å². The summed E-state index contributed by atoms with van der Waals surface area (Å²) < 4.78 is 17.6. The Kier molecular flexibility index (Phi) is 7.83. The van der Waals surface area contributed by atoms with Crippen molar-refractivity contribution in [3.63, 3.8) is 0 Å². The van der Waals surface area contributed by atoms with Crippen LogP contribution >= 0.6 is 0 Å². The van der Waals surface area contributed by atoms with Crippen LogP contribution in [-0.2, 0) is 26.2 Å². The summed E-state index contributed by atoms with van der Waals surface area (Å²) in [5.41, 5.74) is 3.36. The Balaban J connectivity index is 1.42. The number of H-pyrrole nitrogens is 1. The number of hydrogen-bond donors (Lipinski definition) is 1. The molecule has 1 N–H and O–H groups in total. The second-order valence-corrected chi connectivity index (χ2v) is 9.17. The highest BCUT2D eigenvalue weighted by Crippen LogP contribution is 2.21. The molecule has 0 aliphatic carbocycles. The molecule has 0 amide bonds. The molecule has 0 bridgehead atoms. The van der Waals surface area contributed by atoms with Crippen LogP contribution < -0.4 is 19.8 Å². The molecule has 5 aromatic rings. The maximum absolute atomic E-state index is 13.1. The number of aromatic amines is 1. The van der Waals surface area contributed by atoms with Crippen LogP contribution in [0.3, 0.4) is 0 Å². The van der Waals surface area contributed by atoms with Crippen LogP contribution in [0.4, 0.5) is 0 Å². The van der Waals surface area contributed by atoms with E-state index in [4.69, 9.17) is 14.2 Å². The van der Waals surface area contributed by atoms with Crippen molar-refractivity contribution in [3.05, 3.63) is 106 Å². The van der Waals surface area contributed by atoms with Crippen LogP contribution in [0.1, 0.15) is 22.5 Å². The number of nitrogens with one attached hydrogen (secondary N) is 1. The Labute approximate surface area is 225 Å². The van der Waals surface area contributed by atoms with Gasteiger partial charge in [-0.25, -0.2) is 4.68 Å². The lowest BCUT2D eigenvalue weighted by Gasteiger charge is -2.22. The first-order valence-corrected chi connectivity index (χ1v) is 12.5. The number of ether oxygens (including phenoxy) is 3. The first kappa shape index (κ1) is 25.9. The number of pyridine rings is 1. The summed E-state index contributed by atoms with van der Waals surface area (Å²) in [6, 6.07) is 23.3. The van der Waals surface area contributed by atoms with E-state index >= 15 is 0 Å². The minimum absolute atomic E-state index is 0.145. The Hall–Kier alpha value is -4.70. The summed E-state index contributed by atoms with van der Waals surface area (Å²) in [7, 11) is 4.89. The van der Waals surface area contributed by atoms with Gasteiger partial charge >= 0.3 is 0 Å². The predicted octanol–water partition coefficient (Wildman–Crippen LogP) is 3.79. The van der Waals surface area contributed by atoms with Gasteiger partial charge in [-0.2, -0.15) is 0 Å². The van der Waals surface area contributed by atoms with Crippen LogP contribution in [0.15, 0.2) is 77.6 Å². The predicted molar refractivity (Wildman–Crippen MR) is 147 cm³/mol. The molecule has 0 unspecified atom stereocenters. The molecule has 10 heteroatoms. The lowest BCUT2D eigenvalue weighted by Crippen LogP contribution is -2.28. The lowest BCUT2D eigenvalue weighted by atomic mass is 10.1. The van der Waals surface area contributed by atoms with E-state index in [1.165, 1.54) is 0 Å². The summed E-state index contributed by atoms with van der Waals surface area (Å²) in [6.07, 6.45) is 0. The first-order chi connectivity index (χ1) is 19.0. The average molecular weight is 527 g/mol. The Morgan fingerprint density at radius 3 is 2.08 bits per heavy atom. The summed E-state index contributed by atoms with van der Waals surface area (Å²) in [5, 5.41) is 13.4. The topological polar surface area (TPSA) is 107 Å². The number of nitrogens with zero attached hydrogens (tertiary/aromatic N) is 5. The zero-order chi connectivity index (χ0) is 27.2. The molecule has 10 nitrogen and oxygen atoms in total. The lowest BCUT2D eigenvalue weighted by molar-refractivity contribution is 0.236. The molecule has 0 saturated carbocycles. The highest BCUT2D eigenvalue weighted by atomic mass is 16.5. The summed E-state index contributed by atoms with van der Waals surface area (Å²) in [4.78, 5) is 18.2. The molecule has 0 radical (unpaired) electrons. The van der Waals surface area contributed by atoms with Gasteiger partial charge in [0.1, 0.15) is 17.2 Å². The molecule has 39 heavy (non-hydrogen) atoms. The minimum atomic E-state index is -0.145. The van der Waals surface area contributed by atoms with Gasteiger partial charge in [0.15, 0.2) is 5.82 Å². The molecule has 2 aromatic heterocycles. The summed E-state index contributed by atoms with van der Waals surface area (Å²) in [5.74, 6) is 2.97. The molecule has 3 aromatic carbocycles. The van der Waals surface area contributed by atoms with Crippen molar-refractivity contribution in [3.8, 4) is 17.2 Å². The van der Waals surface area contributed by atoms with Crippen LogP contribution in [0, 0.1) is 0 Å². The van der Waals surface area contributed by atoms with E-state index in [1.807, 2.05) is 72.8 Å². The monoisotopic (exact) mass is 526 g/mol. The summed E-state index contributed by atoms with van der Waals surface area (Å²) >= 11 is 0. The largest absolute Gasteiger partial charge is 0.497 e. The number of aromatic nitrogens is 5. The van der Waals surface area contributed by atoms with E-state index in [2.05, 4.69) is 25.4 Å². The van der Waals surface area contributed by atoms with Crippen molar-refractivity contribution in [2.75, 3.05) is 21.3 Å². The van der Waals surface area contributed by atoms with Gasteiger partial charge in [-0.15, -0.1) is 5.10 Å². The third-order valence-electron chi connectivity index (χ3n) is 6.55. The maximum Gasteiger partial charge on any atom is 0.252 e. The van der Waals surface area contributed by atoms with E-state index in [1.54, 1.807) is 26.0 Å². The fraction of sp³-hybridized carbons (Fsp3) is 0.241. The Bertz CT molecular complexity index is 1600. The van der Waals surface area contributed by atoms with E-state index < -0.39 is 0 Å². The van der Waals surface area contributed by atoms with Gasteiger partial charge in [0.2, 0.25) is 0 Å². The molecular formula is C29H30N6O4. The molecule has 0 atom stereocenters. The smallest absolute Gasteiger partial charge is 0.252 e. The molecule has 5 rings (SSSR count). The number of fused-ring (bicyclic) bond motifs is 1. The highest BCUT2D eigenvalue weighted by Gasteiger charge is 2.16. The van der Waals surface area contributed by atoms with E-state index in [0.29, 0.717) is 43.3 Å². The van der Waals surface area contributed by atoms with Gasteiger partial charge in [0.25, 0.3) is 5.56 Å². The van der Waals surface area contributed by atoms with Gasteiger partial charge < -0.3 is 19.2 Å². The van der Waals surface area contributed by atoms with Crippen molar-refractivity contribution in [1.82, 2.24) is 30.1 Å². The van der Waals surface area contributed by atoms with Gasteiger partial charge in [-0.05, 0) is 69.4 Å². The van der Waals surface area contributed by atoms with Gasteiger partial charge in [0, 0.05) is 24.7 Å². The number of benzene rings is 3. The second-order valence-electron chi connectivity index (χ2n) is 9.17. The van der Waals surface area contributed by atoms with Gasteiger partial charge in [0.05, 0.1) is 39.9 Å². The van der Waals surface area contributed by atoms with Crippen LogP contribution in [0.2, 0.25) is 0 Å². The quantitative estimate of drug-likeness (QED) is 0.277. The van der Waals surface area contributed by atoms with Crippen molar-refractivity contribution >= 4 is 10.9 Å². The van der Waals surface area contributed by atoms with Crippen molar-refractivity contribution < 1.29 is 14.2 Å². The zero-order valence-corrected chi connectivity index (χ0v) is 22.1. The molecular weight excluding hydrogens is 496 g/mol. The van der Waals surface area contributed by atoms with Crippen LogP contribution in [-0.4, -0.2) is 51.4 Å². The number of hydrogen-bond acceptors (Lipinski definition) is 8. The number of tetrazole rings is 1. The molecule has 0 saturated heterocycles. The highest BCUT2D eigenvalue weighted by molar-refractivity contribution is 5.80. The zero-order valence-electron chi connectivity index (χ0n) is 22.1. The average Bonchev–Trinajstić information content (AvgIpc) is 3.40. The van der Waals surface area contributed by atoms with E-state index in [9.17, 15) is 4.79 Å². The third-order valence-corrected chi connectivity index (χ3v) is 6.55. The maximum atomic E-state index is 13.1. The minimum Gasteiger partial charge on any atom is -0.497 e. The molecule has 200 valence electrons. The summed E-state index contributed by atoms with van der Waals surface area (Å²) in [6.45, 7) is 1.94. The first-order valence-electron chi connectivity index (χ1n) is 12.5. The molecule has 0 fully saturated rings. The van der Waals surface area contributed by atoms with Gasteiger partial charge in [-0.3, -0.25) is 9.69 Å². The number of methoxy groups -OCH3 is 3. The normalized spacial score (nSPS) is 11.2. The molecule has 2 heterocycles. The van der Waals surface area contributed by atoms with E-state index in [-0.39, 0.29) is 5.56 Å². The fourth-order valence-corrected chi connectivity index (χ4v) is 4.43. The van der Waals surface area contributed by atoms with Crippen molar-refractivity contribution in [2.45, 2.75) is 26.2 Å². The Morgan fingerprint density at radius 2 is 1.41 bits per heavy atom. The Morgan fingerprint density at radius 1 is 0.769 bits per heavy atom. The SMILES string of the molecule is COc1ccc(CN(Cc2cc3ccc(OC)cc3[nH]c2=O)Cc2nnnn2Cc2ccc(OC)cc2)cc1. The molecule has 0 aliphatic rings. The standard InChI is InChI=1S/C29H30N6O4/c1-37-24-9-4-20(5-10-24)16-34(18-23-14-22-8-13-26(39-3)15-27(22)30-29(23)36)19-28-31-32-33-35(28)17-21-6-11-25(38-2)12-7-21/h4-15H,16-19H2,1-3H3,(H,30,36).